The third-order valence-electron chi connectivity index (χ3n) is 3.44. The molecule has 1 heterocycles. The number of nitrogens with zero attached hydrogens (tertiary/aromatic N) is 1. The largest absolute Gasteiger partial charge is 0.388 e. The summed E-state index contributed by atoms with van der Waals surface area (Å²) in [4.78, 5) is 13.8. The Kier molecular flexibility index (Phi) is 4.20. The molecule has 0 aromatic heterocycles. The van der Waals surface area contributed by atoms with Gasteiger partial charge in [-0.3, -0.25) is 0 Å². The van der Waals surface area contributed by atoms with Gasteiger partial charge in [0.25, 0.3) is 0 Å². The maximum atomic E-state index is 13.2. The van der Waals surface area contributed by atoms with E-state index in [9.17, 15) is 14.3 Å². The number of anilines is 1. The Morgan fingerprint density at radius 3 is 2.80 bits per heavy atom. The number of likely N-dealkylation sites (tertiary alicyclic amines) is 1. The molecular weight excluding hydrogens is 283 g/mol. The maximum absolute atomic E-state index is 13.2. The molecule has 2 amide bonds. The number of benzene rings is 1. The third kappa shape index (κ3) is 3.41. The van der Waals surface area contributed by atoms with Crippen molar-refractivity contribution in [1.29, 1.82) is 0 Å². The summed E-state index contributed by atoms with van der Waals surface area (Å²) in [6.07, 6.45) is 1.59. The topological polar surface area (TPSA) is 52.6 Å². The second-order valence-electron chi connectivity index (χ2n) is 5.59. The van der Waals surface area contributed by atoms with Gasteiger partial charge in [-0.2, -0.15) is 0 Å². The highest BCUT2D eigenvalue weighted by Gasteiger charge is 2.38. The SMILES string of the molecule is CC(C)(O)C1CCCN1C(=O)Nc1cc(F)cc(Cl)c1. The van der Waals surface area contributed by atoms with E-state index < -0.39 is 11.4 Å². The highest BCUT2D eigenvalue weighted by molar-refractivity contribution is 6.30. The minimum absolute atomic E-state index is 0.223. The molecule has 1 unspecified atom stereocenters. The van der Waals surface area contributed by atoms with Gasteiger partial charge in [-0.25, -0.2) is 9.18 Å². The van der Waals surface area contributed by atoms with Crippen molar-refractivity contribution < 1.29 is 14.3 Å². The molecule has 0 bridgehead atoms. The van der Waals surface area contributed by atoms with E-state index in [4.69, 9.17) is 11.6 Å². The Hall–Kier alpha value is -1.33. The van der Waals surface area contributed by atoms with Crippen molar-refractivity contribution in [1.82, 2.24) is 4.90 Å². The fourth-order valence-electron chi connectivity index (χ4n) is 2.57. The van der Waals surface area contributed by atoms with E-state index in [1.54, 1.807) is 18.7 Å². The Bertz CT molecular complexity index is 496. The summed E-state index contributed by atoms with van der Waals surface area (Å²) < 4.78 is 13.2. The summed E-state index contributed by atoms with van der Waals surface area (Å²) in [5.74, 6) is -0.506. The van der Waals surface area contributed by atoms with Crippen molar-refractivity contribution in [2.75, 3.05) is 11.9 Å². The van der Waals surface area contributed by atoms with Gasteiger partial charge in [0.1, 0.15) is 5.82 Å². The van der Waals surface area contributed by atoms with E-state index in [0.717, 1.165) is 12.8 Å². The zero-order chi connectivity index (χ0) is 14.9. The highest BCUT2D eigenvalue weighted by Crippen LogP contribution is 2.27. The van der Waals surface area contributed by atoms with Gasteiger partial charge in [0.2, 0.25) is 0 Å². The Morgan fingerprint density at radius 1 is 1.50 bits per heavy atom. The summed E-state index contributed by atoms with van der Waals surface area (Å²) in [5, 5.41) is 12.9. The monoisotopic (exact) mass is 300 g/mol. The van der Waals surface area contributed by atoms with Gasteiger partial charge >= 0.3 is 6.03 Å². The van der Waals surface area contributed by atoms with Crippen LogP contribution in [-0.2, 0) is 0 Å². The first-order valence-electron chi connectivity index (χ1n) is 6.53. The quantitative estimate of drug-likeness (QED) is 0.881. The van der Waals surface area contributed by atoms with Gasteiger partial charge in [-0.1, -0.05) is 11.6 Å². The molecule has 110 valence electrons. The molecule has 1 aromatic carbocycles. The van der Waals surface area contributed by atoms with E-state index in [-0.39, 0.29) is 17.1 Å². The molecule has 0 spiro atoms. The van der Waals surface area contributed by atoms with Gasteiger partial charge in [0, 0.05) is 17.3 Å². The van der Waals surface area contributed by atoms with E-state index in [2.05, 4.69) is 5.32 Å². The van der Waals surface area contributed by atoms with Crippen LogP contribution in [0.15, 0.2) is 18.2 Å². The molecule has 1 aliphatic rings. The van der Waals surface area contributed by atoms with Crippen molar-refractivity contribution in [3.8, 4) is 0 Å². The van der Waals surface area contributed by atoms with Crippen LogP contribution in [0.5, 0.6) is 0 Å². The summed E-state index contributed by atoms with van der Waals surface area (Å²) in [6, 6.07) is 3.27. The summed E-state index contributed by atoms with van der Waals surface area (Å²) in [7, 11) is 0. The normalized spacial score (nSPS) is 19.2. The number of urea groups is 1. The molecule has 6 heteroatoms. The van der Waals surface area contributed by atoms with Crippen LogP contribution in [0.25, 0.3) is 0 Å². The molecule has 20 heavy (non-hydrogen) atoms. The number of carbonyl (C=O) groups is 1. The molecule has 0 saturated carbocycles. The van der Waals surface area contributed by atoms with E-state index in [1.807, 2.05) is 0 Å². The van der Waals surface area contributed by atoms with Crippen LogP contribution >= 0.6 is 11.6 Å². The number of amides is 2. The number of rotatable bonds is 2. The first-order valence-corrected chi connectivity index (χ1v) is 6.91. The van der Waals surface area contributed by atoms with Gasteiger partial charge in [-0.15, -0.1) is 0 Å². The molecule has 0 radical (unpaired) electrons. The smallest absolute Gasteiger partial charge is 0.322 e. The standard InChI is InChI=1S/C14H18ClFN2O2/c1-14(2,20)12-4-3-5-18(12)13(19)17-11-7-9(15)6-10(16)8-11/h6-8,12,20H,3-5H2,1-2H3,(H,17,19). The first-order chi connectivity index (χ1) is 9.27. The lowest BCUT2D eigenvalue weighted by Gasteiger charge is -2.33. The van der Waals surface area contributed by atoms with Crippen molar-refractivity contribution in [3.05, 3.63) is 29.0 Å². The zero-order valence-corrected chi connectivity index (χ0v) is 12.2. The summed E-state index contributed by atoms with van der Waals surface area (Å²) in [6.45, 7) is 3.94. The lowest BCUT2D eigenvalue weighted by Crippen LogP contribution is -2.49. The zero-order valence-electron chi connectivity index (χ0n) is 11.5. The third-order valence-corrected chi connectivity index (χ3v) is 3.66. The van der Waals surface area contributed by atoms with Crippen LogP contribution in [-0.4, -0.2) is 34.2 Å². The predicted octanol–water partition coefficient (Wildman–Crippen LogP) is 3.25. The van der Waals surface area contributed by atoms with E-state index in [0.29, 0.717) is 12.2 Å². The number of carbonyl (C=O) groups excluding carboxylic acids is 1. The summed E-state index contributed by atoms with van der Waals surface area (Å²) in [5.41, 5.74) is -0.658. The van der Waals surface area contributed by atoms with Gasteiger partial charge in [0.15, 0.2) is 0 Å². The molecular formula is C14H18ClFN2O2. The average Bonchev–Trinajstić information content (AvgIpc) is 2.75. The molecule has 1 aromatic rings. The van der Waals surface area contributed by atoms with Gasteiger partial charge in [0.05, 0.1) is 11.6 Å². The number of hydrogen-bond acceptors (Lipinski definition) is 2. The predicted molar refractivity (Wildman–Crippen MR) is 76.5 cm³/mol. The average molecular weight is 301 g/mol. The first kappa shape index (κ1) is 15.1. The highest BCUT2D eigenvalue weighted by atomic mass is 35.5. The van der Waals surface area contributed by atoms with Crippen molar-refractivity contribution in [3.63, 3.8) is 0 Å². The van der Waals surface area contributed by atoms with Crippen molar-refractivity contribution in [2.24, 2.45) is 0 Å². The van der Waals surface area contributed by atoms with E-state index in [1.165, 1.54) is 18.2 Å². The maximum Gasteiger partial charge on any atom is 0.322 e. The Balaban J connectivity index is 2.11. The number of nitrogens with one attached hydrogen (secondary N) is 1. The van der Waals surface area contributed by atoms with Crippen LogP contribution in [0.2, 0.25) is 5.02 Å². The molecule has 4 nitrogen and oxygen atoms in total. The van der Waals surface area contributed by atoms with Crippen LogP contribution < -0.4 is 5.32 Å². The second-order valence-corrected chi connectivity index (χ2v) is 6.03. The minimum Gasteiger partial charge on any atom is -0.388 e. The molecule has 1 atom stereocenters. The molecule has 1 aliphatic heterocycles. The lowest BCUT2D eigenvalue weighted by atomic mass is 9.97. The Labute approximate surface area is 122 Å². The molecule has 1 fully saturated rings. The van der Waals surface area contributed by atoms with Crippen LogP contribution in [0, 0.1) is 5.82 Å². The minimum atomic E-state index is -0.965. The lowest BCUT2D eigenvalue weighted by molar-refractivity contribution is 0.0117. The molecule has 1 saturated heterocycles. The molecule has 2 N–H and O–H groups in total. The second kappa shape index (κ2) is 5.58. The van der Waals surface area contributed by atoms with Crippen LogP contribution in [0.3, 0.4) is 0 Å². The van der Waals surface area contributed by atoms with Gasteiger partial charge < -0.3 is 15.3 Å². The summed E-state index contributed by atoms with van der Waals surface area (Å²) >= 11 is 5.75. The fourth-order valence-corrected chi connectivity index (χ4v) is 2.79. The van der Waals surface area contributed by atoms with Crippen molar-refractivity contribution in [2.45, 2.75) is 38.3 Å². The number of aliphatic hydroxyl groups is 1. The fraction of sp³-hybridized carbons (Fsp3) is 0.500. The van der Waals surface area contributed by atoms with Gasteiger partial charge in [-0.05, 0) is 44.9 Å². The number of hydrogen-bond donors (Lipinski definition) is 2. The Morgan fingerprint density at radius 2 is 2.20 bits per heavy atom. The van der Waals surface area contributed by atoms with Crippen LogP contribution in [0.1, 0.15) is 26.7 Å². The molecule has 2 rings (SSSR count). The van der Waals surface area contributed by atoms with E-state index >= 15 is 0 Å². The molecule has 0 aliphatic carbocycles. The number of halogens is 2. The van der Waals surface area contributed by atoms with Crippen molar-refractivity contribution >= 4 is 23.3 Å². The van der Waals surface area contributed by atoms with Crippen LogP contribution in [0.4, 0.5) is 14.9 Å².